The largest absolute Gasteiger partial charge is 0.370 e. The van der Waals surface area contributed by atoms with Crippen LogP contribution in [0.5, 0.6) is 0 Å². The number of hydrogen-bond donors (Lipinski definition) is 2. The van der Waals surface area contributed by atoms with Crippen molar-refractivity contribution >= 4 is 5.96 Å². The average molecular weight is 312 g/mol. The molecule has 2 heterocycles. The summed E-state index contributed by atoms with van der Waals surface area (Å²) in [5.74, 6) is 1.38. The van der Waals surface area contributed by atoms with Crippen LogP contribution in [0.1, 0.15) is 44.1 Å². The second-order valence-electron chi connectivity index (χ2n) is 6.03. The number of imidazole rings is 1. The molecule has 6 nitrogen and oxygen atoms in total. The summed E-state index contributed by atoms with van der Waals surface area (Å²) < 4.78 is 1.87. The maximum atomic E-state index is 6.02. The summed E-state index contributed by atoms with van der Waals surface area (Å²) in [6.07, 6.45) is 14.8. The van der Waals surface area contributed by atoms with Crippen LogP contribution >= 0.6 is 0 Å². The Kier molecular flexibility index (Phi) is 5.24. The lowest BCUT2D eigenvalue weighted by atomic mass is 10.1. The SMILES string of the molecule is NC(=NCc1ccc(-n2ccnc2)nc1)NC1CCCCCC1. The van der Waals surface area contributed by atoms with Gasteiger partial charge >= 0.3 is 0 Å². The first-order chi connectivity index (χ1) is 11.3. The molecule has 0 aromatic carbocycles. The third kappa shape index (κ3) is 4.55. The zero-order chi connectivity index (χ0) is 15.9. The van der Waals surface area contributed by atoms with Gasteiger partial charge in [-0.15, -0.1) is 0 Å². The number of nitrogens with two attached hydrogens (primary N) is 1. The molecule has 1 fully saturated rings. The molecule has 0 spiro atoms. The number of nitrogens with zero attached hydrogens (tertiary/aromatic N) is 4. The first-order valence-corrected chi connectivity index (χ1v) is 8.31. The molecular formula is C17H24N6. The maximum absolute atomic E-state index is 6.02. The van der Waals surface area contributed by atoms with Crippen LogP contribution < -0.4 is 11.1 Å². The van der Waals surface area contributed by atoms with E-state index in [2.05, 4.69) is 20.3 Å². The van der Waals surface area contributed by atoms with Crippen molar-refractivity contribution in [1.29, 1.82) is 0 Å². The number of rotatable bonds is 4. The number of pyridine rings is 1. The molecular weight excluding hydrogens is 288 g/mol. The van der Waals surface area contributed by atoms with Crippen LogP contribution in [0.15, 0.2) is 42.0 Å². The monoisotopic (exact) mass is 312 g/mol. The summed E-state index contributed by atoms with van der Waals surface area (Å²) in [4.78, 5) is 12.9. The highest BCUT2D eigenvalue weighted by Crippen LogP contribution is 2.17. The minimum Gasteiger partial charge on any atom is -0.370 e. The second kappa shape index (κ2) is 7.76. The quantitative estimate of drug-likeness (QED) is 0.516. The van der Waals surface area contributed by atoms with E-state index < -0.39 is 0 Å². The fourth-order valence-electron chi connectivity index (χ4n) is 2.91. The standard InChI is InChI=1S/C17H24N6/c18-17(22-15-5-3-1-2-4-6-15)21-12-14-7-8-16(20-11-14)23-10-9-19-13-23/h7-11,13,15H,1-6,12H2,(H3,18,21,22). The zero-order valence-electron chi connectivity index (χ0n) is 13.4. The Morgan fingerprint density at radius 2 is 2.09 bits per heavy atom. The van der Waals surface area contributed by atoms with E-state index in [0.29, 0.717) is 18.5 Å². The molecule has 2 aromatic rings. The van der Waals surface area contributed by atoms with Gasteiger partial charge in [-0.2, -0.15) is 0 Å². The van der Waals surface area contributed by atoms with Crippen molar-refractivity contribution < 1.29 is 0 Å². The van der Waals surface area contributed by atoms with Gasteiger partial charge in [0.05, 0.1) is 6.54 Å². The van der Waals surface area contributed by atoms with Crippen LogP contribution in [-0.2, 0) is 6.54 Å². The first kappa shape index (κ1) is 15.5. The second-order valence-corrected chi connectivity index (χ2v) is 6.03. The van der Waals surface area contributed by atoms with Crippen molar-refractivity contribution in [2.24, 2.45) is 10.7 Å². The molecule has 1 aliphatic rings. The Labute approximate surface area is 136 Å². The van der Waals surface area contributed by atoms with Gasteiger partial charge in [0, 0.05) is 24.6 Å². The van der Waals surface area contributed by atoms with Gasteiger partial charge in [-0.3, -0.25) is 4.57 Å². The number of nitrogens with one attached hydrogen (secondary N) is 1. The van der Waals surface area contributed by atoms with Gasteiger partial charge in [-0.25, -0.2) is 15.0 Å². The number of aliphatic imine (C=N–C) groups is 1. The van der Waals surface area contributed by atoms with Gasteiger partial charge in [0.25, 0.3) is 0 Å². The fourth-order valence-corrected chi connectivity index (χ4v) is 2.91. The van der Waals surface area contributed by atoms with Gasteiger partial charge in [0.2, 0.25) is 0 Å². The number of guanidine groups is 1. The van der Waals surface area contributed by atoms with Crippen LogP contribution in [0.2, 0.25) is 0 Å². The predicted molar refractivity (Wildman–Crippen MR) is 91.3 cm³/mol. The minimum absolute atomic E-state index is 0.475. The first-order valence-electron chi connectivity index (χ1n) is 8.31. The average Bonchev–Trinajstić information content (AvgIpc) is 2.99. The Balaban J connectivity index is 1.54. The van der Waals surface area contributed by atoms with Crippen molar-refractivity contribution in [3.8, 4) is 5.82 Å². The Morgan fingerprint density at radius 1 is 1.26 bits per heavy atom. The molecule has 0 aliphatic heterocycles. The third-order valence-corrected chi connectivity index (χ3v) is 4.22. The normalized spacial score (nSPS) is 17.0. The van der Waals surface area contributed by atoms with E-state index in [9.17, 15) is 0 Å². The Bertz CT molecular complexity index is 609. The van der Waals surface area contributed by atoms with E-state index in [1.54, 1.807) is 12.5 Å². The Hall–Kier alpha value is -2.37. The maximum Gasteiger partial charge on any atom is 0.189 e. The van der Waals surface area contributed by atoms with Crippen LogP contribution in [0.3, 0.4) is 0 Å². The highest BCUT2D eigenvalue weighted by Gasteiger charge is 2.12. The molecule has 0 radical (unpaired) electrons. The lowest BCUT2D eigenvalue weighted by molar-refractivity contribution is 0.530. The zero-order valence-corrected chi connectivity index (χ0v) is 13.4. The molecule has 1 aliphatic carbocycles. The van der Waals surface area contributed by atoms with Crippen LogP contribution in [-0.4, -0.2) is 26.5 Å². The summed E-state index contributed by atoms with van der Waals surface area (Å²) in [5.41, 5.74) is 7.06. The van der Waals surface area contributed by atoms with Crippen molar-refractivity contribution in [1.82, 2.24) is 19.9 Å². The molecule has 23 heavy (non-hydrogen) atoms. The molecule has 3 N–H and O–H groups in total. The van der Waals surface area contributed by atoms with Crippen molar-refractivity contribution in [3.63, 3.8) is 0 Å². The highest BCUT2D eigenvalue weighted by molar-refractivity contribution is 5.78. The van der Waals surface area contributed by atoms with Gasteiger partial charge < -0.3 is 11.1 Å². The topological polar surface area (TPSA) is 81.1 Å². The Morgan fingerprint density at radius 3 is 2.74 bits per heavy atom. The van der Waals surface area contributed by atoms with Gasteiger partial charge in [-0.1, -0.05) is 31.7 Å². The van der Waals surface area contributed by atoms with Crippen LogP contribution in [0.25, 0.3) is 5.82 Å². The summed E-state index contributed by atoms with van der Waals surface area (Å²) in [6, 6.07) is 4.45. The number of aromatic nitrogens is 3. The van der Waals surface area contributed by atoms with E-state index in [4.69, 9.17) is 5.73 Å². The molecule has 2 aromatic heterocycles. The van der Waals surface area contributed by atoms with E-state index in [1.165, 1.54) is 38.5 Å². The van der Waals surface area contributed by atoms with E-state index in [0.717, 1.165) is 11.4 Å². The molecule has 1 saturated carbocycles. The molecule has 0 bridgehead atoms. The van der Waals surface area contributed by atoms with Crippen molar-refractivity contribution in [3.05, 3.63) is 42.6 Å². The van der Waals surface area contributed by atoms with Gasteiger partial charge in [-0.05, 0) is 24.5 Å². The highest BCUT2D eigenvalue weighted by atomic mass is 15.1. The minimum atomic E-state index is 0.475. The lowest BCUT2D eigenvalue weighted by Crippen LogP contribution is -2.39. The van der Waals surface area contributed by atoms with E-state index >= 15 is 0 Å². The molecule has 6 heteroatoms. The molecule has 0 saturated heterocycles. The van der Waals surface area contributed by atoms with Crippen molar-refractivity contribution in [2.75, 3.05) is 0 Å². The van der Waals surface area contributed by atoms with Crippen molar-refractivity contribution in [2.45, 2.75) is 51.1 Å². The number of hydrogen-bond acceptors (Lipinski definition) is 3. The van der Waals surface area contributed by atoms with Gasteiger partial charge in [0.15, 0.2) is 5.96 Å². The van der Waals surface area contributed by atoms with E-state index in [-0.39, 0.29) is 0 Å². The molecule has 0 unspecified atom stereocenters. The molecule has 0 atom stereocenters. The lowest BCUT2D eigenvalue weighted by Gasteiger charge is -2.16. The van der Waals surface area contributed by atoms with Crippen LogP contribution in [0, 0.1) is 0 Å². The summed E-state index contributed by atoms with van der Waals surface area (Å²) in [6.45, 7) is 0.544. The predicted octanol–water partition coefficient (Wildman–Crippen LogP) is 2.39. The van der Waals surface area contributed by atoms with Crippen LogP contribution in [0.4, 0.5) is 0 Å². The smallest absolute Gasteiger partial charge is 0.189 e. The van der Waals surface area contributed by atoms with E-state index in [1.807, 2.05) is 29.1 Å². The summed E-state index contributed by atoms with van der Waals surface area (Å²) >= 11 is 0. The third-order valence-electron chi connectivity index (χ3n) is 4.22. The summed E-state index contributed by atoms with van der Waals surface area (Å²) in [7, 11) is 0. The molecule has 122 valence electrons. The molecule has 0 amide bonds. The van der Waals surface area contributed by atoms with Gasteiger partial charge in [0.1, 0.15) is 12.1 Å². The fraction of sp³-hybridized carbons (Fsp3) is 0.471. The molecule has 3 rings (SSSR count). The summed E-state index contributed by atoms with van der Waals surface area (Å²) in [5, 5.41) is 3.36.